The molecule has 0 radical (unpaired) electrons. The van der Waals surface area contributed by atoms with Crippen LogP contribution in [0.4, 0.5) is 0 Å². The number of aliphatic hydroxyl groups is 1. The van der Waals surface area contributed by atoms with Crippen molar-refractivity contribution in [1.29, 1.82) is 0 Å². The van der Waals surface area contributed by atoms with Crippen molar-refractivity contribution < 1.29 is 9.84 Å². The van der Waals surface area contributed by atoms with Gasteiger partial charge in [0.15, 0.2) is 0 Å². The van der Waals surface area contributed by atoms with E-state index in [0.717, 1.165) is 11.3 Å². The summed E-state index contributed by atoms with van der Waals surface area (Å²) in [5, 5.41) is 8.90. The third kappa shape index (κ3) is 2.35. The first kappa shape index (κ1) is 9.80. The average molecular weight is 278 g/mol. The molecule has 0 bridgehead atoms. The number of aliphatic hydroxyl groups excluding tert-OH is 1. The van der Waals surface area contributed by atoms with Gasteiger partial charge in [-0.3, -0.25) is 0 Å². The SMILES string of the molecule is COc1cccc([C@@H](I)CO)c1. The van der Waals surface area contributed by atoms with Gasteiger partial charge in [0.25, 0.3) is 0 Å². The van der Waals surface area contributed by atoms with Gasteiger partial charge in [-0.15, -0.1) is 0 Å². The normalized spacial score (nSPS) is 12.6. The largest absolute Gasteiger partial charge is 0.497 e. The maximum atomic E-state index is 8.90. The number of alkyl halides is 1. The predicted octanol–water partition coefficient (Wildman–Crippen LogP) is 2.16. The molecule has 66 valence electrons. The lowest BCUT2D eigenvalue weighted by atomic mass is 10.1. The molecule has 0 aliphatic carbocycles. The van der Waals surface area contributed by atoms with Gasteiger partial charge in [0.2, 0.25) is 0 Å². The molecule has 0 heterocycles. The lowest BCUT2D eigenvalue weighted by Crippen LogP contribution is -1.95. The van der Waals surface area contributed by atoms with E-state index in [-0.39, 0.29) is 10.5 Å². The summed E-state index contributed by atoms with van der Waals surface area (Å²) in [6, 6.07) is 7.74. The second-order valence-electron chi connectivity index (χ2n) is 2.43. The maximum Gasteiger partial charge on any atom is 0.119 e. The molecule has 0 aromatic heterocycles. The molecule has 1 rings (SSSR count). The topological polar surface area (TPSA) is 29.5 Å². The summed E-state index contributed by atoms with van der Waals surface area (Å²) in [6.45, 7) is 0.160. The number of ether oxygens (including phenoxy) is 1. The zero-order valence-corrected chi connectivity index (χ0v) is 8.98. The fraction of sp³-hybridized carbons (Fsp3) is 0.333. The highest BCUT2D eigenvalue weighted by atomic mass is 127. The first-order valence-electron chi connectivity index (χ1n) is 3.67. The molecule has 0 unspecified atom stereocenters. The lowest BCUT2D eigenvalue weighted by Gasteiger charge is -2.07. The Balaban J connectivity index is 2.86. The summed E-state index contributed by atoms with van der Waals surface area (Å²) in [5.41, 5.74) is 1.09. The minimum atomic E-state index is 0.151. The van der Waals surface area contributed by atoms with E-state index >= 15 is 0 Å². The maximum absolute atomic E-state index is 8.90. The summed E-state index contributed by atoms with van der Waals surface area (Å²) in [7, 11) is 1.64. The van der Waals surface area contributed by atoms with Crippen LogP contribution in [-0.2, 0) is 0 Å². The zero-order valence-electron chi connectivity index (χ0n) is 6.83. The van der Waals surface area contributed by atoms with Crippen molar-refractivity contribution in [2.24, 2.45) is 0 Å². The molecule has 0 aliphatic rings. The molecule has 2 nitrogen and oxygen atoms in total. The van der Waals surface area contributed by atoms with E-state index < -0.39 is 0 Å². The summed E-state index contributed by atoms with van der Waals surface area (Å²) in [5.74, 6) is 0.836. The van der Waals surface area contributed by atoms with Crippen LogP contribution in [0.3, 0.4) is 0 Å². The Hall–Kier alpha value is -0.290. The van der Waals surface area contributed by atoms with E-state index in [9.17, 15) is 0 Å². The molecule has 1 aromatic rings. The Morgan fingerprint density at radius 1 is 1.58 bits per heavy atom. The first-order chi connectivity index (χ1) is 5.77. The monoisotopic (exact) mass is 278 g/mol. The second kappa shape index (κ2) is 4.67. The van der Waals surface area contributed by atoms with Crippen molar-refractivity contribution in [2.75, 3.05) is 13.7 Å². The van der Waals surface area contributed by atoms with Crippen molar-refractivity contribution in [2.45, 2.75) is 3.92 Å². The van der Waals surface area contributed by atoms with Crippen molar-refractivity contribution in [3.8, 4) is 5.75 Å². The van der Waals surface area contributed by atoms with E-state index in [4.69, 9.17) is 9.84 Å². The summed E-state index contributed by atoms with van der Waals surface area (Å²) >= 11 is 2.20. The Bertz CT molecular complexity index is 250. The standard InChI is InChI=1S/C9H11IO2/c1-12-8-4-2-3-7(5-8)9(10)6-11/h2-5,9,11H,6H2,1H3/t9-/m0/s1. The minimum Gasteiger partial charge on any atom is -0.497 e. The van der Waals surface area contributed by atoms with Crippen LogP contribution < -0.4 is 4.74 Å². The minimum absolute atomic E-state index is 0.151. The molecule has 0 amide bonds. The van der Waals surface area contributed by atoms with E-state index in [0.29, 0.717) is 0 Å². The van der Waals surface area contributed by atoms with E-state index in [1.165, 1.54) is 0 Å². The van der Waals surface area contributed by atoms with Crippen molar-refractivity contribution >= 4 is 22.6 Å². The third-order valence-electron chi connectivity index (χ3n) is 1.62. The second-order valence-corrected chi connectivity index (χ2v) is 3.93. The van der Waals surface area contributed by atoms with Gasteiger partial charge in [-0.2, -0.15) is 0 Å². The highest BCUT2D eigenvalue weighted by molar-refractivity contribution is 14.1. The van der Waals surface area contributed by atoms with Crippen LogP contribution >= 0.6 is 22.6 Å². The predicted molar refractivity (Wildman–Crippen MR) is 56.8 cm³/mol. The number of methoxy groups -OCH3 is 1. The number of benzene rings is 1. The van der Waals surface area contributed by atoms with Crippen molar-refractivity contribution in [3.05, 3.63) is 29.8 Å². The molecule has 0 spiro atoms. The third-order valence-corrected chi connectivity index (χ3v) is 2.73. The van der Waals surface area contributed by atoms with Gasteiger partial charge in [-0.1, -0.05) is 34.7 Å². The summed E-state index contributed by atoms with van der Waals surface area (Å²) < 4.78 is 5.22. The van der Waals surface area contributed by atoms with Gasteiger partial charge < -0.3 is 9.84 Å². The Morgan fingerprint density at radius 2 is 2.33 bits per heavy atom. The fourth-order valence-electron chi connectivity index (χ4n) is 0.942. The van der Waals surface area contributed by atoms with Crippen LogP contribution in [0, 0.1) is 0 Å². The van der Waals surface area contributed by atoms with Crippen LogP contribution in [0.15, 0.2) is 24.3 Å². The quantitative estimate of drug-likeness (QED) is 0.678. The van der Waals surface area contributed by atoms with Crippen molar-refractivity contribution in [3.63, 3.8) is 0 Å². The van der Waals surface area contributed by atoms with Crippen LogP contribution in [0.1, 0.15) is 9.49 Å². The summed E-state index contributed by atoms with van der Waals surface area (Å²) in [6.07, 6.45) is 0. The molecule has 1 N–H and O–H groups in total. The molecule has 0 aliphatic heterocycles. The Kier molecular flexibility index (Phi) is 3.81. The molecular formula is C9H11IO2. The Morgan fingerprint density at radius 3 is 2.92 bits per heavy atom. The lowest BCUT2D eigenvalue weighted by molar-refractivity contribution is 0.300. The molecule has 0 saturated heterocycles. The van der Waals surface area contributed by atoms with Crippen LogP contribution in [-0.4, -0.2) is 18.8 Å². The van der Waals surface area contributed by atoms with E-state index in [1.807, 2.05) is 24.3 Å². The number of hydrogen-bond acceptors (Lipinski definition) is 2. The van der Waals surface area contributed by atoms with Gasteiger partial charge in [-0.05, 0) is 17.7 Å². The molecule has 0 fully saturated rings. The average Bonchev–Trinajstić information content (AvgIpc) is 2.17. The van der Waals surface area contributed by atoms with Gasteiger partial charge in [0.05, 0.1) is 17.6 Å². The van der Waals surface area contributed by atoms with E-state index in [2.05, 4.69) is 22.6 Å². The fourth-order valence-corrected chi connectivity index (χ4v) is 1.33. The Labute approximate surface area is 85.7 Å². The molecular weight excluding hydrogens is 267 g/mol. The van der Waals surface area contributed by atoms with Crippen LogP contribution in [0.2, 0.25) is 0 Å². The van der Waals surface area contributed by atoms with Crippen LogP contribution in [0.5, 0.6) is 5.75 Å². The number of hydrogen-bond donors (Lipinski definition) is 1. The number of halogens is 1. The molecule has 1 atom stereocenters. The smallest absolute Gasteiger partial charge is 0.119 e. The summed E-state index contributed by atoms with van der Waals surface area (Å²) in [4.78, 5) is 0. The van der Waals surface area contributed by atoms with Gasteiger partial charge >= 0.3 is 0 Å². The van der Waals surface area contributed by atoms with Gasteiger partial charge in [0, 0.05) is 0 Å². The van der Waals surface area contributed by atoms with Gasteiger partial charge in [0.1, 0.15) is 5.75 Å². The molecule has 1 aromatic carbocycles. The molecule has 12 heavy (non-hydrogen) atoms. The molecule has 0 saturated carbocycles. The zero-order chi connectivity index (χ0) is 8.97. The van der Waals surface area contributed by atoms with Crippen LogP contribution in [0.25, 0.3) is 0 Å². The highest BCUT2D eigenvalue weighted by Gasteiger charge is 2.05. The first-order valence-corrected chi connectivity index (χ1v) is 4.91. The highest BCUT2D eigenvalue weighted by Crippen LogP contribution is 2.25. The van der Waals surface area contributed by atoms with Gasteiger partial charge in [-0.25, -0.2) is 0 Å². The molecule has 3 heteroatoms. The number of rotatable bonds is 3. The van der Waals surface area contributed by atoms with Crippen molar-refractivity contribution in [1.82, 2.24) is 0 Å². The van der Waals surface area contributed by atoms with E-state index in [1.54, 1.807) is 7.11 Å².